The van der Waals surface area contributed by atoms with E-state index in [0.717, 1.165) is 22.4 Å². The Bertz CT molecular complexity index is 1190. The highest BCUT2D eigenvalue weighted by atomic mass is 16.5. The number of methoxy groups -OCH3 is 3. The lowest BCUT2D eigenvalue weighted by Gasteiger charge is -2.28. The fraction of sp³-hybridized carbons (Fsp3) is 0.370. The summed E-state index contributed by atoms with van der Waals surface area (Å²) >= 11 is 0. The summed E-state index contributed by atoms with van der Waals surface area (Å²) in [6.45, 7) is 3.66. The zero-order valence-electron chi connectivity index (χ0n) is 21.1. The highest BCUT2D eigenvalue weighted by Gasteiger charge is 2.23. The molecule has 2 heterocycles. The Morgan fingerprint density at radius 1 is 1.03 bits per heavy atom. The van der Waals surface area contributed by atoms with E-state index in [-0.39, 0.29) is 5.91 Å². The van der Waals surface area contributed by atoms with Crippen LogP contribution in [-0.4, -0.2) is 62.0 Å². The summed E-state index contributed by atoms with van der Waals surface area (Å²) in [6.07, 6.45) is 3.41. The smallest absolute Gasteiger partial charge is 0.227 e. The maximum Gasteiger partial charge on any atom is 0.227 e. The highest BCUT2D eigenvalue weighted by molar-refractivity contribution is 5.81. The van der Waals surface area contributed by atoms with Crippen LogP contribution < -0.4 is 18.9 Å². The summed E-state index contributed by atoms with van der Waals surface area (Å²) in [7, 11) is 4.85. The summed E-state index contributed by atoms with van der Waals surface area (Å²) in [5, 5.41) is 4.05. The number of nitrogens with zero attached hydrogens (tertiary/aromatic N) is 3. The van der Waals surface area contributed by atoms with Crippen LogP contribution in [0.5, 0.6) is 23.0 Å². The molecule has 1 aromatic heterocycles. The number of aryl methyl sites for hydroxylation is 1. The summed E-state index contributed by atoms with van der Waals surface area (Å²) < 4.78 is 27.3. The molecule has 2 aromatic carbocycles. The second-order valence-corrected chi connectivity index (χ2v) is 8.20. The van der Waals surface area contributed by atoms with Crippen molar-refractivity contribution >= 4 is 11.5 Å². The second-order valence-electron chi connectivity index (χ2n) is 8.20. The molecular weight excluding hydrogens is 462 g/mol. The average molecular weight is 494 g/mol. The van der Waals surface area contributed by atoms with Crippen molar-refractivity contribution in [1.29, 1.82) is 0 Å². The molecule has 36 heavy (non-hydrogen) atoms. The Morgan fingerprint density at radius 3 is 2.33 bits per heavy atom. The topological polar surface area (TPSA) is 96.2 Å². The molecule has 0 unspecified atom stereocenters. The van der Waals surface area contributed by atoms with Crippen molar-refractivity contribution in [2.24, 2.45) is 0 Å². The molecule has 0 N–H and O–H groups in total. The molecule has 0 saturated heterocycles. The molecule has 190 valence electrons. The molecule has 0 radical (unpaired) electrons. The van der Waals surface area contributed by atoms with Crippen LogP contribution >= 0.6 is 0 Å². The van der Waals surface area contributed by atoms with Crippen molar-refractivity contribution in [2.45, 2.75) is 26.2 Å². The number of aromatic nitrogens is 2. The average Bonchev–Trinajstić information content (AvgIpc) is 3.40. The van der Waals surface area contributed by atoms with Crippen LogP contribution in [0, 0.1) is 0 Å². The predicted octanol–water partition coefficient (Wildman–Crippen LogP) is 4.41. The van der Waals surface area contributed by atoms with E-state index in [4.69, 9.17) is 23.5 Å². The first-order valence-corrected chi connectivity index (χ1v) is 11.9. The van der Waals surface area contributed by atoms with Crippen LogP contribution in [0.3, 0.4) is 0 Å². The largest absolute Gasteiger partial charge is 0.496 e. The Balaban J connectivity index is 1.36. The number of hydrogen-bond acceptors (Lipinski definition) is 8. The van der Waals surface area contributed by atoms with Gasteiger partial charge < -0.3 is 28.4 Å². The first-order chi connectivity index (χ1) is 17.6. The molecule has 4 rings (SSSR count). The van der Waals surface area contributed by atoms with E-state index in [9.17, 15) is 4.79 Å². The van der Waals surface area contributed by atoms with Crippen LogP contribution in [0.1, 0.15) is 31.2 Å². The minimum Gasteiger partial charge on any atom is -0.496 e. The van der Waals surface area contributed by atoms with Gasteiger partial charge in [-0.1, -0.05) is 11.2 Å². The van der Waals surface area contributed by atoms with Gasteiger partial charge in [-0.3, -0.25) is 4.79 Å². The van der Waals surface area contributed by atoms with E-state index in [1.54, 1.807) is 21.3 Å². The lowest BCUT2D eigenvalue weighted by Crippen LogP contribution is -2.34. The van der Waals surface area contributed by atoms with E-state index in [2.05, 4.69) is 10.1 Å². The Hall–Kier alpha value is -4.01. The van der Waals surface area contributed by atoms with Gasteiger partial charge >= 0.3 is 0 Å². The Morgan fingerprint density at radius 2 is 1.75 bits per heavy atom. The minimum absolute atomic E-state index is 0.0415. The van der Waals surface area contributed by atoms with Crippen molar-refractivity contribution in [1.82, 2.24) is 15.0 Å². The molecular formula is C27H31N3O6. The highest BCUT2D eigenvalue weighted by Crippen LogP contribution is 2.40. The molecule has 0 saturated carbocycles. The van der Waals surface area contributed by atoms with Crippen molar-refractivity contribution in [3.05, 3.63) is 53.9 Å². The van der Waals surface area contributed by atoms with Gasteiger partial charge in [-0.25, -0.2) is 0 Å². The number of benzene rings is 2. The van der Waals surface area contributed by atoms with Gasteiger partial charge in [0.05, 0.1) is 33.5 Å². The second kappa shape index (κ2) is 11.6. The van der Waals surface area contributed by atoms with Crippen molar-refractivity contribution in [3.8, 4) is 34.4 Å². The lowest BCUT2D eigenvalue weighted by atomic mass is 9.97. The number of amides is 1. The Labute approximate surface area is 210 Å². The number of carbonyl (C=O) groups is 1. The number of rotatable bonds is 10. The van der Waals surface area contributed by atoms with Crippen LogP contribution in [0.4, 0.5) is 0 Å². The molecule has 0 spiro atoms. The zero-order chi connectivity index (χ0) is 25.5. The van der Waals surface area contributed by atoms with Gasteiger partial charge in [-0.05, 0) is 43.2 Å². The molecule has 1 aliphatic rings. The molecule has 9 nitrogen and oxygen atoms in total. The first kappa shape index (κ1) is 25.1. The molecule has 0 fully saturated rings. The maximum atomic E-state index is 12.8. The van der Waals surface area contributed by atoms with Crippen molar-refractivity contribution in [3.63, 3.8) is 0 Å². The maximum absolute atomic E-state index is 12.8. The quantitative estimate of drug-likeness (QED) is 0.410. The van der Waals surface area contributed by atoms with E-state index in [1.165, 1.54) is 0 Å². The number of ether oxygens (including phenoxy) is 4. The fourth-order valence-corrected chi connectivity index (χ4v) is 4.16. The standard InChI is InChI=1S/C27H31N3O6/c1-5-35-20-8-6-19(7-9-20)27-28-24(36-29-27)10-11-25(31)30-14-12-18(13-15-30)26-22(33-3)16-21(32-2)17-23(26)34-4/h6-9,12,16-17H,5,10-11,13-15H2,1-4H3. The summed E-state index contributed by atoms with van der Waals surface area (Å²) in [4.78, 5) is 19.1. The molecule has 0 bridgehead atoms. The number of carbonyl (C=O) groups excluding carboxylic acids is 1. The first-order valence-electron chi connectivity index (χ1n) is 11.9. The lowest BCUT2D eigenvalue weighted by molar-refractivity contribution is -0.130. The molecule has 0 aliphatic carbocycles. The Kier molecular flexibility index (Phi) is 8.10. The summed E-state index contributed by atoms with van der Waals surface area (Å²) in [6, 6.07) is 11.2. The van der Waals surface area contributed by atoms with Crippen LogP contribution in [0.15, 0.2) is 47.0 Å². The van der Waals surface area contributed by atoms with Gasteiger partial charge in [0.2, 0.25) is 17.6 Å². The van der Waals surface area contributed by atoms with E-state index in [1.807, 2.05) is 54.3 Å². The molecule has 1 amide bonds. The van der Waals surface area contributed by atoms with Gasteiger partial charge in [0.1, 0.15) is 23.0 Å². The van der Waals surface area contributed by atoms with E-state index >= 15 is 0 Å². The van der Waals surface area contributed by atoms with Gasteiger partial charge in [-0.15, -0.1) is 0 Å². The summed E-state index contributed by atoms with van der Waals surface area (Å²) in [5.41, 5.74) is 2.80. The van der Waals surface area contributed by atoms with Crippen LogP contribution in [0.25, 0.3) is 17.0 Å². The van der Waals surface area contributed by atoms with Gasteiger partial charge in [-0.2, -0.15) is 4.98 Å². The van der Waals surface area contributed by atoms with Crippen molar-refractivity contribution in [2.75, 3.05) is 41.0 Å². The van der Waals surface area contributed by atoms with E-state index < -0.39 is 0 Å². The van der Waals surface area contributed by atoms with Gasteiger partial charge in [0, 0.05) is 43.6 Å². The zero-order valence-corrected chi connectivity index (χ0v) is 21.1. The third-order valence-electron chi connectivity index (χ3n) is 6.04. The summed E-state index contributed by atoms with van der Waals surface area (Å²) in [5.74, 6) is 3.78. The van der Waals surface area contributed by atoms with Gasteiger partial charge in [0.25, 0.3) is 0 Å². The van der Waals surface area contributed by atoms with Gasteiger partial charge in [0.15, 0.2) is 0 Å². The minimum atomic E-state index is 0.0415. The van der Waals surface area contributed by atoms with Crippen LogP contribution in [-0.2, 0) is 11.2 Å². The third kappa shape index (κ3) is 5.62. The fourth-order valence-electron chi connectivity index (χ4n) is 4.16. The van der Waals surface area contributed by atoms with Crippen molar-refractivity contribution < 1.29 is 28.3 Å². The molecule has 3 aromatic rings. The normalized spacial score (nSPS) is 13.2. The predicted molar refractivity (Wildman–Crippen MR) is 134 cm³/mol. The monoisotopic (exact) mass is 493 g/mol. The molecule has 0 atom stereocenters. The third-order valence-corrected chi connectivity index (χ3v) is 6.04. The molecule has 1 aliphatic heterocycles. The molecule has 9 heteroatoms. The SMILES string of the molecule is CCOc1ccc(-c2noc(CCC(=O)N3CC=C(c4c(OC)cc(OC)cc4OC)CC3)n2)cc1. The number of hydrogen-bond donors (Lipinski definition) is 0. The van der Waals surface area contributed by atoms with E-state index in [0.29, 0.717) is 67.9 Å². The van der Waals surface area contributed by atoms with Crippen LogP contribution in [0.2, 0.25) is 0 Å².